The Kier molecular flexibility index (Phi) is 5.98. The number of carbonyl (C=O) groups excluding carboxylic acids is 1. The molecule has 0 bridgehead atoms. The van der Waals surface area contributed by atoms with Crippen molar-refractivity contribution in [2.24, 2.45) is 5.92 Å². The van der Waals surface area contributed by atoms with Gasteiger partial charge in [-0.05, 0) is 30.9 Å². The van der Waals surface area contributed by atoms with Gasteiger partial charge in [-0.2, -0.15) is 0 Å². The van der Waals surface area contributed by atoms with Crippen LogP contribution in [0.3, 0.4) is 0 Å². The summed E-state index contributed by atoms with van der Waals surface area (Å²) < 4.78 is 10.7. The smallest absolute Gasteiger partial charge is 0.339 e. The van der Waals surface area contributed by atoms with Crippen LogP contribution in [0.25, 0.3) is 0 Å². The van der Waals surface area contributed by atoms with Gasteiger partial charge in [-0.15, -0.1) is 0 Å². The molecule has 1 aliphatic rings. The highest BCUT2D eigenvalue weighted by Gasteiger charge is 2.20. The van der Waals surface area contributed by atoms with Gasteiger partial charge in [0.05, 0.1) is 13.2 Å². The Hall–Kier alpha value is -2.08. The Bertz CT molecular complexity index is 572. The molecule has 1 aliphatic carbocycles. The van der Waals surface area contributed by atoms with Crippen LogP contribution in [-0.4, -0.2) is 36.8 Å². The molecule has 0 aromatic heterocycles. The second-order valence-electron chi connectivity index (χ2n) is 5.97. The summed E-state index contributed by atoms with van der Waals surface area (Å²) in [6.07, 6.45) is 4.50. The van der Waals surface area contributed by atoms with Crippen molar-refractivity contribution in [1.29, 1.82) is 0 Å². The second kappa shape index (κ2) is 7.97. The summed E-state index contributed by atoms with van der Waals surface area (Å²) in [5.74, 6) is -0.482. The number of ether oxygens (including phenoxy) is 2. The van der Waals surface area contributed by atoms with E-state index < -0.39 is 5.97 Å². The molecule has 0 spiro atoms. The minimum absolute atomic E-state index is 0.000381. The number of carbonyl (C=O) groups is 2. The average molecular weight is 321 g/mol. The fourth-order valence-corrected chi connectivity index (χ4v) is 2.87. The predicted molar refractivity (Wildman–Crippen MR) is 86.0 cm³/mol. The Morgan fingerprint density at radius 3 is 2.78 bits per heavy atom. The van der Waals surface area contributed by atoms with Crippen LogP contribution in [0.5, 0.6) is 5.75 Å². The van der Waals surface area contributed by atoms with Crippen LogP contribution in [0.1, 0.15) is 43.0 Å². The quantitative estimate of drug-likeness (QED) is 0.841. The van der Waals surface area contributed by atoms with Crippen molar-refractivity contribution >= 4 is 17.6 Å². The predicted octanol–water partition coefficient (Wildman–Crippen LogP) is 2.93. The van der Waals surface area contributed by atoms with Crippen molar-refractivity contribution in [1.82, 2.24) is 0 Å². The van der Waals surface area contributed by atoms with E-state index in [0.29, 0.717) is 11.6 Å². The molecule has 2 atom stereocenters. The Balaban J connectivity index is 1.88. The lowest BCUT2D eigenvalue weighted by Gasteiger charge is -2.26. The van der Waals surface area contributed by atoms with E-state index in [0.717, 1.165) is 19.3 Å². The SMILES string of the molecule is COc1cc(NC(=O)COC2CCCC(C)C2)ccc1C(=O)O. The van der Waals surface area contributed by atoms with Gasteiger partial charge in [0.25, 0.3) is 0 Å². The van der Waals surface area contributed by atoms with Gasteiger partial charge in [-0.25, -0.2) is 4.79 Å². The van der Waals surface area contributed by atoms with Gasteiger partial charge >= 0.3 is 5.97 Å². The largest absolute Gasteiger partial charge is 0.496 e. The molecule has 0 heterocycles. The highest BCUT2D eigenvalue weighted by atomic mass is 16.5. The third-order valence-corrected chi connectivity index (χ3v) is 4.05. The number of aromatic carboxylic acids is 1. The molecule has 23 heavy (non-hydrogen) atoms. The summed E-state index contributed by atoms with van der Waals surface area (Å²) in [5.41, 5.74) is 0.537. The van der Waals surface area contributed by atoms with Crippen LogP contribution in [0, 0.1) is 5.92 Å². The van der Waals surface area contributed by atoms with Gasteiger partial charge in [0.2, 0.25) is 5.91 Å². The summed E-state index contributed by atoms with van der Waals surface area (Å²) in [6, 6.07) is 4.43. The van der Waals surface area contributed by atoms with Crippen molar-refractivity contribution in [2.75, 3.05) is 19.0 Å². The molecular formula is C17H23NO5. The van der Waals surface area contributed by atoms with E-state index in [2.05, 4.69) is 12.2 Å². The molecule has 2 unspecified atom stereocenters. The molecule has 0 aliphatic heterocycles. The first-order valence-electron chi connectivity index (χ1n) is 7.82. The molecule has 2 N–H and O–H groups in total. The number of hydrogen-bond donors (Lipinski definition) is 2. The molecule has 1 saturated carbocycles. The van der Waals surface area contributed by atoms with E-state index in [4.69, 9.17) is 14.6 Å². The number of hydrogen-bond acceptors (Lipinski definition) is 4. The average Bonchev–Trinajstić information content (AvgIpc) is 2.52. The van der Waals surface area contributed by atoms with Crippen molar-refractivity contribution in [3.05, 3.63) is 23.8 Å². The first kappa shape index (κ1) is 17.3. The third kappa shape index (κ3) is 4.96. The van der Waals surface area contributed by atoms with Crippen molar-refractivity contribution < 1.29 is 24.2 Å². The Morgan fingerprint density at radius 1 is 1.35 bits per heavy atom. The monoisotopic (exact) mass is 321 g/mol. The zero-order chi connectivity index (χ0) is 16.8. The summed E-state index contributed by atoms with van der Waals surface area (Å²) in [4.78, 5) is 23.0. The number of benzene rings is 1. The molecular weight excluding hydrogens is 298 g/mol. The third-order valence-electron chi connectivity index (χ3n) is 4.05. The molecule has 0 saturated heterocycles. The Labute approximate surface area is 135 Å². The van der Waals surface area contributed by atoms with Crippen molar-refractivity contribution in [3.8, 4) is 5.75 Å². The molecule has 6 heteroatoms. The minimum atomic E-state index is -1.07. The molecule has 1 fully saturated rings. The van der Waals surface area contributed by atoms with E-state index in [-0.39, 0.29) is 29.9 Å². The lowest BCUT2D eigenvalue weighted by atomic mass is 9.89. The topological polar surface area (TPSA) is 84.9 Å². The van der Waals surface area contributed by atoms with Crippen molar-refractivity contribution in [2.45, 2.75) is 38.7 Å². The molecule has 2 rings (SSSR count). The van der Waals surface area contributed by atoms with Crippen LogP contribution in [0.4, 0.5) is 5.69 Å². The van der Waals surface area contributed by atoms with Crippen molar-refractivity contribution in [3.63, 3.8) is 0 Å². The minimum Gasteiger partial charge on any atom is -0.496 e. The molecule has 1 amide bonds. The number of carboxylic acids is 1. The van der Waals surface area contributed by atoms with E-state index >= 15 is 0 Å². The van der Waals surface area contributed by atoms with Gasteiger partial charge in [-0.3, -0.25) is 4.79 Å². The lowest BCUT2D eigenvalue weighted by molar-refractivity contribution is -0.123. The number of rotatable bonds is 6. The standard InChI is InChI=1S/C17H23NO5/c1-11-4-3-5-13(8-11)23-10-16(19)18-12-6-7-14(17(20)21)15(9-12)22-2/h6-7,9,11,13H,3-5,8,10H2,1-2H3,(H,18,19)(H,20,21). The second-order valence-corrected chi connectivity index (χ2v) is 5.97. The zero-order valence-electron chi connectivity index (χ0n) is 13.5. The van der Waals surface area contributed by atoms with Crippen LogP contribution in [0.2, 0.25) is 0 Å². The van der Waals surface area contributed by atoms with E-state index in [1.54, 1.807) is 0 Å². The van der Waals surface area contributed by atoms with Crippen LogP contribution < -0.4 is 10.1 Å². The van der Waals surface area contributed by atoms with E-state index in [1.807, 2.05) is 0 Å². The normalized spacial score (nSPS) is 20.8. The number of carboxylic acid groups (broad SMARTS) is 1. The number of methoxy groups -OCH3 is 1. The summed E-state index contributed by atoms with van der Waals surface area (Å²) in [6.45, 7) is 2.20. The van der Waals surface area contributed by atoms with Gasteiger partial charge in [0, 0.05) is 11.8 Å². The number of anilines is 1. The maximum Gasteiger partial charge on any atom is 0.339 e. The fourth-order valence-electron chi connectivity index (χ4n) is 2.87. The van der Waals surface area contributed by atoms with Gasteiger partial charge < -0.3 is 19.9 Å². The summed E-state index contributed by atoms with van der Waals surface area (Å²) >= 11 is 0. The summed E-state index contributed by atoms with van der Waals surface area (Å²) in [7, 11) is 1.39. The molecule has 0 radical (unpaired) electrons. The maximum absolute atomic E-state index is 12.0. The molecule has 1 aromatic carbocycles. The van der Waals surface area contributed by atoms with Crippen LogP contribution in [0.15, 0.2) is 18.2 Å². The van der Waals surface area contributed by atoms with Crippen LogP contribution in [-0.2, 0) is 9.53 Å². The Morgan fingerprint density at radius 2 is 2.13 bits per heavy atom. The van der Waals surface area contributed by atoms with Gasteiger partial charge in [-0.1, -0.05) is 19.8 Å². The maximum atomic E-state index is 12.0. The highest BCUT2D eigenvalue weighted by Crippen LogP contribution is 2.26. The van der Waals surface area contributed by atoms with Crippen LogP contribution >= 0.6 is 0 Å². The highest BCUT2D eigenvalue weighted by molar-refractivity contribution is 5.95. The van der Waals surface area contributed by atoms with E-state index in [9.17, 15) is 9.59 Å². The zero-order valence-corrected chi connectivity index (χ0v) is 13.5. The molecule has 1 aromatic rings. The van der Waals surface area contributed by atoms with E-state index in [1.165, 1.54) is 31.7 Å². The summed E-state index contributed by atoms with van der Waals surface area (Å²) in [5, 5.41) is 11.7. The molecule has 6 nitrogen and oxygen atoms in total. The fraction of sp³-hybridized carbons (Fsp3) is 0.529. The first-order valence-corrected chi connectivity index (χ1v) is 7.82. The van der Waals surface area contributed by atoms with Gasteiger partial charge in [0.1, 0.15) is 17.9 Å². The number of amides is 1. The van der Waals surface area contributed by atoms with Gasteiger partial charge in [0.15, 0.2) is 0 Å². The first-order chi connectivity index (χ1) is 11.0. The number of nitrogens with one attached hydrogen (secondary N) is 1. The lowest BCUT2D eigenvalue weighted by Crippen LogP contribution is -2.27. The molecule has 126 valence electrons.